The van der Waals surface area contributed by atoms with Crippen molar-refractivity contribution < 1.29 is 0 Å². The number of allylic oxidation sites excluding steroid dienone is 2. The first-order valence-corrected chi connectivity index (χ1v) is 3.00. The third-order valence-corrected chi connectivity index (χ3v) is 1.28. The zero-order valence-corrected chi connectivity index (χ0v) is 5.65. The van der Waals surface area contributed by atoms with E-state index in [4.69, 9.17) is 0 Å². The van der Waals surface area contributed by atoms with Gasteiger partial charge >= 0.3 is 0 Å². The van der Waals surface area contributed by atoms with E-state index >= 15 is 0 Å². The molecule has 0 saturated heterocycles. The molecule has 0 radical (unpaired) electrons. The number of dihydropyridines is 1. The third-order valence-electron chi connectivity index (χ3n) is 1.00. The van der Waals surface area contributed by atoms with Gasteiger partial charge in [0.2, 0.25) is 0 Å². The summed E-state index contributed by atoms with van der Waals surface area (Å²) in [5, 5.41) is 3.06. The molecule has 1 atom stereocenters. The molecule has 0 saturated carbocycles. The highest BCUT2D eigenvalue weighted by atomic mass is 32.1. The Kier molecular flexibility index (Phi) is 1.34. The fourth-order valence-corrected chi connectivity index (χ4v) is 0.724. The number of hydrogen-bond donors (Lipinski definition) is 2. The van der Waals surface area contributed by atoms with Gasteiger partial charge in [-0.05, 0) is 25.3 Å². The van der Waals surface area contributed by atoms with Crippen molar-refractivity contribution >= 4 is 12.6 Å². The summed E-state index contributed by atoms with van der Waals surface area (Å²) in [4.78, 5) is -0.144. The molecule has 1 unspecified atom stereocenters. The molecular formula is C6H9NS. The molecule has 0 aromatic rings. The lowest BCUT2D eigenvalue weighted by molar-refractivity contribution is 0.705. The van der Waals surface area contributed by atoms with Crippen LogP contribution in [0.2, 0.25) is 0 Å². The summed E-state index contributed by atoms with van der Waals surface area (Å²) in [6, 6.07) is 0. The molecule has 8 heavy (non-hydrogen) atoms. The van der Waals surface area contributed by atoms with E-state index in [1.807, 2.05) is 31.4 Å². The molecule has 2 heteroatoms. The molecule has 44 valence electrons. The number of nitrogens with one attached hydrogen (secondary N) is 1. The summed E-state index contributed by atoms with van der Waals surface area (Å²) in [5.74, 6) is 0. The van der Waals surface area contributed by atoms with Gasteiger partial charge in [-0.2, -0.15) is 0 Å². The summed E-state index contributed by atoms with van der Waals surface area (Å²) in [6.45, 7) is 2.00. The Morgan fingerprint density at radius 2 is 2.25 bits per heavy atom. The van der Waals surface area contributed by atoms with Crippen molar-refractivity contribution in [2.45, 2.75) is 11.8 Å². The first-order chi connectivity index (χ1) is 3.71. The lowest BCUT2D eigenvalue weighted by atomic mass is 10.2. The third kappa shape index (κ3) is 1.30. The van der Waals surface area contributed by atoms with E-state index in [1.165, 1.54) is 0 Å². The van der Waals surface area contributed by atoms with Crippen LogP contribution >= 0.6 is 12.6 Å². The molecule has 0 amide bonds. The zero-order valence-electron chi connectivity index (χ0n) is 4.76. The maximum atomic E-state index is 4.27. The van der Waals surface area contributed by atoms with E-state index in [2.05, 4.69) is 17.9 Å². The van der Waals surface area contributed by atoms with Crippen LogP contribution in [0.5, 0.6) is 0 Å². The Bertz CT molecular complexity index is 135. The minimum atomic E-state index is -0.144. The minimum absolute atomic E-state index is 0.144. The first-order valence-electron chi connectivity index (χ1n) is 2.55. The van der Waals surface area contributed by atoms with Crippen molar-refractivity contribution in [3.63, 3.8) is 0 Å². The zero-order chi connectivity index (χ0) is 6.04. The second kappa shape index (κ2) is 1.86. The van der Waals surface area contributed by atoms with Crippen molar-refractivity contribution in [3.8, 4) is 0 Å². The van der Waals surface area contributed by atoms with E-state index in [-0.39, 0.29) is 4.87 Å². The second-order valence-corrected chi connectivity index (χ2v) is 2.94. The average Bonchev–Trinajstić information content (AvgIpc) is 1.65. The Hall–Kier alpha value is -0.370. The van der Waals surface area contributed by atoms with Gasteiger partial charge in [0, 0.05) is 0 Å². The maximum Gasteiger partial charge on any atom is 0.0962 e. The quantitative estimate of drug-likeness (QED) is 0.467. The predicted molar refractivity (Wildman–Crippen MR) is 38.8 cm³/mol. The van der Waals surface area contributed by atoms with Gasteiger partial charge < -0.3 is 5.32 Å². The molecule has 0 aromatic heterocycles. The molecule has 1 N–H and O–H groups in total. The molecule has 1 aliphatic heterocycles. The van der Waals surface area contributed by atoms with Crippen LogP contribution < -0.4 is 5.32 Å². The largest absolute Gasteiger partial charge is 0.374 e. The van der Waals surface area contributed by atoms with Gasteiger partial charge in [0.25, 0.3) is 0 Å². The van der Waals surface area contributed by atoms with Crippen LogP contribution in [0.25, 0.3) is 0 Å². The summed E-state index contributed by atoms with van der Waals surface area (Å²) >= 11 is 4.27. The first kappa shape index (κ1) is 5.76. The minimum Gasteiger partial charge on any atom is -0.374 e. The van der Waals surface area contributed by atoms with Crippen molar-refractivity contribution in [2.24, 2.45) is 0 Å². The highest BCUT2D eigenvalue weighted by Gasteiger charge is 2.11. The van der Waals surface area contributed by atoms with Crippen molar-refractivity contribution in [1.82, 2.24) is 5.32 Å². The van der Waals surface area contributed by atoms with Crippen molar-refractivity contribution in [2.75, 3.05) is 0 Å². The van der Waals surface area contributed by atoms with Gasteiger partial charge in [-0.3, -0.25) is 0 Å². The molecule has 1 aliphatic rings. The maximum absolute atomic E-state index is 4.27. The molecule has 0 aromatic carbocycles. The van der Waals surface area contributed by atoms with Crippen LogP contribution in [0.4, 0.5) is 0 Å². The topological polar surface area (TPSA) is 12.0 Å². The standard InChI is InChI=1S/C6H9NS/c1-6(8)4-2-3-5-7-6/h2-5,7-8H,1H3. The Labute approximate surface area is 54.9 Å². The van der Waals surface area contributed by atoms with Crippen molar-refractivity contribution in [1.29, 1.82) is 0 Å². The van der Waals surface area contributed by atoms with Gasteiger partial charge in [-0.1, -0.05) is 6.08 Å². The smallest absolute Gasteiger partial charge is 0.0962 e. The molecule has 0 aliphatic carbocycles. The van der Waals surface area contributed by atoms with E-state index < -0.39 is 0 Å². The molecule has 1 rings (SSSR count). The Morgan fingerprint density at radius 1 is 1.50 bits per heavy atom. The van der Waals surface area contributed by atoms with Gasteiger partial charge in [-0.15, -0.1) is 12.6 Å². The Balaban J connectivity index is 2.65. The molecule has 1 nitrogen and oxygen atoms in total. The monoisotopic (exact) mass is 127 g/mol. The van der Waals surface area contributed by atoms with Crippen LogP contribution in [0, 0.1) is 0 Å². The van der Waals surface area contributed by atoms with Crippen LogP contribution in [-0.2, 0) is 0 Å². The van der Waals surface area contributed by atoms with E-state index in [0.29, 0.717) is 0 Å². The number of thiol groups is 1. The van der Waals surface area contributed by atoms with Gasteiger partial charge in [-0.25, -0.2) is 0 Å². The van der Waals surface area contributed by atoms with E-state index in [9.17, 15) is 0 Å². The highest BCUT2D eigenvalue weighted by molar-refractivity contribution is 7.82. The molecule has 0 spiro atoms. The van der Waals surface area contributed by atoms with Crippen LogP contribution in [-0.4, -0.2) is 4.87 Å². The summed E-state index contributed by atoms with van der Waals surface area (Å²) in [6.07, 6.45) is 7.80. The average molecular weight is 127 g/mol. The summed E-state index contributed by atoms with van der Waals surface area (Å²) in [5.41, 5.74) is 0. The lowest BCUT2D eigenvalue weighted by Gasteiger charge is -2.21. The number of hydrogen-bond acceptors (Lipinski definition) is 2. The van der Waals surface area contributed by atoms with Crippen molar-refractivity contribution in [3.05, 3.63) is 24.4 Å². The van der Waals surface area contributed by atoms with Crippen LogP contribution in [0.3, 0.4) is 0 Å². The van der Waals surface area contributed by atoms with Gasteiger partial charge in [0.15, 0.2) is 0 Å². The van der Waals surface area contributed by atoms with E-state index in [1.54, 1.807) is 0 Å². The fraction of sp³-hybridized carbons (Fsp3) is 0.333. The summed E-state index contributed by atoms with van der Waals surface area (Å²) < 4.78 is 0. The normalized spacial score (nSPS) is 34.8. The van der Waals surface area contributed by atoms with Crippen LogP contribution in [0.15, 0.2) is 24.4 Å². The van der Waals surface area contributed by atoms with Gasteiger partial charge in [0.1, 0.15) is 0 Å². The second-order valence-electron chi connectivity index (χ2n) is 2.01. The van der Waals surface area contributed by atoms with Crippen LogP contribution in [0.1, 0.15) is 6.92 Å². The summed E-state index contributed by atoms with van der Waals surface area (Å²) in [7, 11) is 0. The highest BCUT2D eigenvalue weighted by Crippen LogP contribution is 2.12. The van der Waals surface area contributed by atoms with E-state index in [0.717, 1.165) is 0 Å². The SMILES string of the molecule is CC1(S)C=CC=CN1. The number of rotatable bonds is 0. The predicted octanol–water partition coefficient (Wildman–Crippen LogP) is 1.31. The Morgan fingerprint density at radius 3 is 2.50 bits per heavy atom. The van der Waals surface area contributed by atoms with Gasteiger partial charge in [0.05, 0.1) is 4.87 Å². The lowest BCUT2D eigenvalue weighted by Crippen LogP contribution is -2.31. The molecule has 0 bridgehead atoms. The fourth-order valence-electron chi connectivity index (χ4n) is 0.563. The molecular weight excluding hydrogens is 118 g/mol. The molecule has 1 heterocycles. The molecule has 0 fully saturated rings.